The van der Waals surface area contributed by atoms with Crippen LogP contribution in [0, 0.1) is 0 Å². The number of hydrogen-bond donors (Lipinski definition) is 1. The number of carbonyl (C=O) groups excluding carboxylic acids is 2. The van der Waals surface area contributed by atoms with E-state index in [4.69, 9.17) is 4.74 Å². The van der Waals surface area contributed by atoms with Gasteiger partial charge in [0, 0.05) is 18.9 Å². The number of rotatable bonds is 5. The highest BCUT2D eigenvalue weighted by Crippen LogP contribution is 2.12. The molecule has 1 aromatic heterocycles. The first-order valence-corrected chi connectivity index (χ1v) is 6.42. The smallest absolute Gasteiger partial charge is 0.338 e. The van der Waals surface area contributed by atoms with Gasteiger partial charge in [0.2, 0.25) is 0 Å². The highest BCUT2D eigenvalue weighted by molar-refractivity contribution is 5.95. The molecule has 0 aliphatic rings. The molecule has 1 N–H and O–H groups in total. The van der Waals surface area contributed by atoms with Crippen molar-refractivity contribution < 1.29 is 14.3 Å². The summed E-state index contributed by atoms with van der Waals surface area (Å²) in [6, 6.07) is 4.86. The van der Waals surface area contributed by atoms with Crippen LogP contribution in [0.3, 0.4) is 0 Å². The SMILES string of the molecule is C=CCNC(=O)[C@@H](C)OC(=O)c1ccc2nccnc2c1. The Bertz CT molecular complexity index is 685. The number of nitrogens with zero attached hydrogens (tertiary/aromatic N) is 2. The molecule has 0 radical (unpaired) electrons. The van der Waals surface area contributed by atoms with Crippen molar-refractivity contribution in [3.8, 4) is 0 Å². The summed E-state index contributed by atoms with van der Waals surface area (Å²) in [5.41, 5.74) is 1.60. The van der Waals surface area contributed by atoms with Crippen LogP contribution in [-0.2, 0) is 9.53 Å². The lowest BCUT2D eigenvalue weighted by molar-refractivity contribution is -0.128. The van der Waals surface area contributed by atoms with Crippen molar-refractivity contribution in [3.63, 3.8) is 0 Å². The first-order valence-electron chi connectivity index (χ1n) is 6.42. The molecule has 0 bridgehead atoms. The van der Waals surface area contributed by atoms with E-state index in [2.05, 4.69) is 21.9 Å². The molecule has 0 aliphatic heterocycles. The van der Waals surface area contributed by atoms with E-state index in [0.717, 1.165) is 0 Å². The van der Waals surface area contributed by atoms with Crippen LogP contribution in [0.2, 0.25) is 0 Å². The van der Waals surface area contributed by atoms with Crippen molar-refractivity contribution in [2.75, 3.05) is 6.54 Å². The zero-order valence-corrected chi connectivity index (χ0v) is 11.6. The summed E-state index contributed by atoms with van der Waals surface area (Å²) < 4.78 is 5.11. The number of hydrogen-bond acceptors (Lipinski definition) is 5. The molecule has 0 saturated heterocycles. The van der Waals surface area contributed by atoms with Crippen LogP contribution in [0.4, 0.5) is 0 Å². The third-order valence-corrected chi connectivity index (χ3v) is 2.78. The molecule has 0 unspecified atom stereocenters. The van der Waals surface area contributed by atoms with E-state index in [0.29, 0.717) is 23.1 Å². The van der Waals surface area contributed by atoms with Crippen LogP contribution in [-0.4, -0.2) is 34.5 Å². The number of carbonyl (C=O) groups is 2. The Morgan fingerprint density at radius 3 is 2.76 bits per heavy atom. The second-order valence-corrected chi connectivity index (χ2v) is 4.34. The molecule has 21 heavy (non-hydrogen) atoms. The largest absolute Gasteiger partial charge is 0.449 e. The molecule has 108 valence electrons. The van der Waals surface area contributed by atoms with E-state index >= 15 is 0 Å². The Hall–Kier alpha value is -2.76. The van der Waals surface area contributed by atoms with Gasteiger partial charge in [0.05, 0.1) is 16.6 Å². The zero-order valence-electron chi connectivity index (χ0n) is 11.6. The minimum Gasteiger partial charge on any atom is -0.449 e. The fourth-order valence-corrected chi connectivity index (χ4v) is 1.69. The third-order valence-electron chi connectivity index (χ3n) is 2.78. The number of esters is 1. The molecule has 2 aromatic rings. The standard InChI is InChI=1S/C15H15N3O3/c1-3-6-18-14(19)10(2)21-15(20)11-4-5-12-13(9-11)17-8-7-16-12/h3-5,7-10H,1,6H2,2H3,(H,18,19)/t10-/m1/s1. The van der Waals surface area contributed by atoms with Crippen LogP contribution >= 0.6 is 0 Å². The second kappa shape index (κ2) is 6.60. The van der Waals surface area contributed by atoms with Crippen LogP contribution < -0.4 is 5.32 Å². The predicted octanol–water partition coefficient (Wildman–Crippen LogP) is 1.48. The monoisotopic (exact) mass is 285 g/mol. The summed E-state index contributed by atoms with van der Waals surface area (Å²) >= 11 is 0. The molecular formula is C15H15N3O3. The summed E-state index contributed by atoms with van der Waals surface area (Å²) in [6.07, 6.45) is 3.79. The quantitative estimate of drug-likeness (QED) is 0.664. The van der Waals surface area contributed by atoms with E-state index in [1.165, 1.54) is 6.92 Å². The molecule has 1 amide bonds. The Kier molecular flexibility index (Phi) is 4.61. The van der Waals surface area contributed by atoms with E-state index < -0.39 is 12.1 Å². The van der Waals surface area contributed by atoms with Gasteiger partial charge >= 0.3 is 5.97 Å². The lowest BCUT2D eigenvalue weighted by Crippen LogP contribution is -2.35. The average Bonchev–Trinajstić information content (AvgIpc) is 2.51. The Balaban J connectivity index is 2.07. The summed E-state index contributed by atoms with van der Waals surface area (Å²) in [5, 5.41) is 2.56. The third kappa shape index (κ3) is 3.62. The maximum Gasteiger partial charge on any atom is 0.338 e. The van der Waals surface area contributed by atoms with Crippen LogP contribution in [0.5, 0.6) is 0 Å². The fraction of sp³-hybridized carbons (Fsp3) is 0.200. The number of amides is 1. The van der Waals surface area contributed by atoms with Crippen molar-refractivity contribution >= 4 is 22.9 Å². The van der Waals surface area contributed by atoms with Gasteiger partial charge in [-0.25, -0.2) is 4.79 Å². The summed E-state index contributed by atoms with van der Waals surface area (Å²) in [6.45, 7) is 5.33. The minimum absolute atomic E-state index is 0.325. The molecule has 0 saturated carbocycles. The van der Waals surface area contributed by atoms with Gasteiger partial charge in [-0.1, -0.05) is 6.08 Å². The van der Waals surface area contributed by atoms with Gasteiger partial charge in [-0.2, -0.15) is 0 Å². The second-order valence-electron chi connectivity index (χ2n) is 4.34. The van der Waals surface area contributed by atoms with Gasteiger partial charge in [0.15, 0.2) is 6.10 Å². The van der Waals surface area contributed by atoms with Gasteiger partial charge in [0.25, 0.3) is 5.91 Å². The molecule has 2 rings (SSSR count). The molecule has 0 spiro atoms. The van der Waals surface area contributed by atoms with Crippen LogP contribution in [0.15, 0.2) is 43.2 Å². The van der Waals surface area contributed by atoms with Gasteiger partial charge < -0.3 is 10.1 Å². The van der Waals surface area contributed by atoms with Gasteiger partial charge in [-0.3, -0.25) is 14.8 Å². The number of aromatic nitrogens is 2. The highest BCUT2D eigenvalue weighted by Gasteiger charge is 2.18. The van der Waals surface area contributed by atoms with E-state index in [1.807, 2.05) is 0 Å². The molecule has 1 aromatic carbocycles. The van der Waals surface area contributed by atoms with E-state index in [-0.39, 0.29) is 5.91 Å². The maximum atomic E-state index is 12.0. The van der Waals surface area contributed by atoms with Gasteiger partial charge in [-0.05, 0) is 25.1 Å². The lowest BCUT2D eigenvalue weighted by atomic mass is 10.2. The maximum absolute atomic E-state index is 12.0. The number of ether oxygens (including phenoxy) is 1. The number of nitrogens with one attached hydrogen (secondary N) is 1. The Labute approximate surface area is 121 Å². The van der Waals surface area contributed by atoms with E-state index in [1.54, 1.807) is 36.7 Å². The molecule has 6 heteroatoms. The first-order chi connectivity index (χ1) is 10.1. The molecule has 0 fully saturated rings. The average molecular weight is 285 g/mol. The summed E-state index contributed by atoms with van der Waals surface area (Å²) in [7, 11) is 0. The molecule has 0 aliphatic carbocycles. The molecular weight excluding hydrogens is 270 g/mol. The van der Waals surface area contributed by atoms with Gasteiger partial charge in [-0.15, -0.1) is 6.58 Å². The summed E-state index contributed by atoms with van der Waals surface area (Å²) in [4.78, 5) is 31.9. The lowest BCUT2D eigenvalue weighted by Gasteiger charge is -2.12. The minimum atomic E-state index is -0.880. The van der Waals surface area contributed by atoms with Gasteiger partial charge in [0.1, 0.15) is 0 Å². The molecule has 6 nitrogen and oxygen atoms in total. The zero-order chi connectivity index (χ0) is 15.2. The van der Waals surface area contributed by atoms with Crippen LogP contribution in [0.1, 0.15) is 17.3 Å². The highest BCUT2D eigenvalue weighted by atomic mass is 16.5. The normalized spacial score (nSPS) is 11.7. The topological polar surface area (TPSA) is 81.2 Å². The first kappa shape index (κ1) is 14.6. The van der Waals surface area contributed by atoms with Crippen molar-refractivity contribution in [2.24, 2.45) is 0 Å². The number of fused-ring (bicyclic) bond motifs is 1. The predicted molar refractivity (Wildman–Crippen MR) is 77.6 cm³/mol. The van der Waals surface area contributed by atoms with Crippen LogP contribution in [0.25, 0.3) is 11.0 Å². The fourth-order valence-electron chi connectivity index (χ4n) is 1.69. The number of benzene rings is 1. The van der Waals surface area contributed by atoms with E-state index in [9.17, 15) is 9.59 Å². The van der Waals surface area contributed by atoms with Crippen molar-refractivity contribution in [2.45, 2.75) is 13.0 Å². The summed E-state index contributed by atoms with van der Waals surface area (Å²) in [5.74, 6) is -0.951. The van der Waals surface area contributed by atoms with Crippen molar-refractivity contribution in [1.82, 2.24) is 15.3 Å². The Morgan fingerprint density at radius 2 is 2.05 bits per heavy atom. The molecule has 1 atom stereocenters. The Morgan fingerprint density at radius 1 is 1.33 bits per heavy atom. The van der Waals surface area contributed by atoms with Crippen molar-refractivity contribution in [1.29, 1.82) is 0 Å². The molecule has 1 heterocycles. The van der Waals surface area contributed by atoms with Crippen molar-refractivity contribution in [3.05, 3.63) is 48.8 Å².